The van der Waals surface area contributed by atoms with Crippen molar-refractivity contribution in [2.75, 3.05) is 19.4 Å². The Labute approximate surface area is 194 Å². The number of carbonyl (C=O) groups is 1. The molecule has 0 saturated heterocycles. The van der Waals surface area contributed by atoms with Gasteiger partial charge in [0.1, 0.15) is 10.3 Å². The average molecular weight is 498 g/mol. The maximum atomic E-state index is 13.0. The lowest BCUT2D eigenvalue weighted by molar-refractivity contribution is -0.137. The molecule has 0 fully saturated rings. The van der Waals surface area contributed by atoms with Crippen LogP contribution in [0.4, 0.5) is 18.9 Å². The van der Waals surface area contributed by atoms with Crippen LogP contribution < -0.4 is 10.6 Å². The molecular formula is C22H22F3N3O3S2. The molecule has 6 nitrogen and oxygen atoms in total. The topological polar surface area (TPSA) is 78.5 Å². The number of anilines is 1. The Morgan fingerprint density at radius 3 is 2.36 bits per heavy atom. The van der Waals surface area contributed by atoms with E-state index < -0.39 is 33.7 Å². The van der Waals surface area contributed by atoms with Gasteiger partial charge in [-0.15, -0.1) is 11.3 Å². The van der Waals surface area contributed by atoms with Crippen LogP contribution >= 0.6 is 11.3 Å². The van der Waals surface area contributed by atoms with E-state index in [1.54, 1.807) is 36.4 Å². The molecule has 1 atom stereocenters. The highest BCUT2D eigenvalue weighted by molar-refractivity contribution is 7.91. The number of thiophene rings is 1. The molecule has 0 radical (unpaired) electrons. The van der Waals surface area contributed by atoms with E-state index in [-0.39, 0.29) is 16.4 Å². The molecule has 33 heavy (non-hydrogen) atoms. The van der Waals surface area contributed by atoms with Crippen LogP contribution in [0.15, 0.2) is 70.9 Å². The van der Waals surface area contributed by atoms with Crippen molar-refractivity contribution >= 4 is 33.0 Å². The van der Waals surface area contributed by atoms with Crippen LogP contribution in [0, 0.1) is 0 Å². The summed E-state index contributed by atoms with van der Waals surface area (Å²) in [5, 5.41) is 5.61. The Morgan fingerprint density at radius 1 is 1.03 bits per heavy atom. The van der Waals surface area contributed by atoms with Crippen LogP contribution in [0.2, 0.25) is 0 Å². The number of benzene rings is 2. The molecular weight excluding hydrogens is 475 g/mol. The van der Waals surface area contributed by atoms with Crippen molar-refractivity contribution in [3.63, 3.8) is 0 Å². The molecule has 0 aliphatic carbocycles. The van der Waals surface area contributed by atoms with Crippen LogP contribution in [-0.4, -0.2) is 32.7 Å². The fourth-order valence-electron chi connectivity index (χ4n) is 2.97. The first kappa shape index (κ1) is 24.9. The molecule has 0 aliphatic rings. The summed E-state index contributed by atoms with van der Waals surface area (Å²) in [7, 11) is -0.685. The standard InChI is InChI=1S/C22H22F3N3O3S2/c1-28(2)33(30,31)19-12-11-18(32-19)14-26-20(15-7-4-3-5-8-15)21(29)27-17-10-6-9-16(13-17)22(23,24)25/h3-13,20,26H,14H2,1-2H3,(H,27,29)/t20-/m0/s1. The Morgan fingerprint density at radius 2 is 1.73 bits per heavy atom. The molecule has 3 aromatic rings. The van der Waals surface area contributed by atoms with Crippen LogP contribution in [-0.2, 0) is 27.5 Å². The van der Waals surface area contributed by atoms with E-state index in [2.05, 4.69) is 10.6 Å². The number of carbonyl (C=O) groups excluding carboxylic acids is 1. The number of sulfonamides is 1. The van der Waals surface area contributed by atoms with Gasteiger partial charge in [0.15, 0.2) is 0 Å². The SMILES string of the molecule is CN(C)S(=O)(=O)c1ccc(CN[C@H](C(=O)Nc2cccc(C(F)(F)F)c2)c2ccccc2)s1. The third kappa shape index (κ3) is 6.20. The minimum atomic E-state index is -4.53. The number of amides is 1. The summed E-state index contributed by atoms with van der Waals surface area (Å²) in [5.41, 5.74) is -0.231. The largest absolute Gasteiger partial charge is 0.416 e. The lowest BCUT2D eigenvalue weighted by Gasteiger charge is -2.19. The molecule has 1 heterocycles. The predicted octanol–water partition coefficient (Wildman–Crippen LogP) is 4.49. The van der Waals surface area contributed by atoms with E-state index >= 15 is 0 Å². The number of nitrogens with one attached hydrogen (secondary N) is 2. The van der Waals surface area contributed by atoms with Gasteiger partial charge in [0.05, 0.1) is 5.56 Å². The molecule has 0 bridgehead atoms. The molecule has 2 aromatic carbocycles. The summed E-state index contributed by atoms with van der Waals surface area (Å²) in [6.07, 6.45) is -4.53. The van der Waals surface area contributed by atoms with Gasteiger partial charge < -0.3 is 5.32 Å². The summed E-state index contributed by atoms with van der Waals surface area (Å²) in [6, 6.07) is 15.4. The van der Waals surface area contributed by atoms with Crippen LogP contribution in [0.25, 0.3) is 0 Å². The number of rotatable bonds is 8. The molecule has 176 valence electrons. The summed E-state index contributed by atoms with van der Waals surface area (Å²) < 4.78 is 64.9. The summed E-state index contributed by atoms with van der Waals surface area (Å²) in [5.74, 6) is -0.543. The second-order valence-electron chi connectivity index (χ2n) is 7.30. The van der Waals surface area contributed by atoms with Gasteiger partial charge in [-0.25, -0.2) is 12.7 Å². The number of halogens is 3. The van der Waals surface area contributed by atoms with Gasteiger partial charge in [-0.1, -0.05) is 36.4 Å². The van der Waals surface area contributed by atoms with E-state index in [0.717, 1.165) is 27.8 Å². The highest BCUT2D eigenvalue weighted by Gasteiger charge is 2.31. The molecule has 0 saturated carbocycles. The normalized spacial score (nSPS) is 13.2. The number of alkyl halides is 3. The fourth-order valence-corrected chi connectivity index (χ4v) is 5.45. The van der Waals surface area contributed by atoms with Crippen LogP contribution in [0.5, 0.6) is 0 Å². The Hall–Kier alpha value is -2.73. The Kier molecular flexibility index (Phi) is 7.58. The van der Waals surface area contributed by atoms with Crippen molar-refractivity contribution < 1.29 is 26.4 Å². The van der Waals surface area contributed by atoms with Crippen molar-refractivity contribution in [2.24, 2.45) is 0 Å². The monoisotopic (exact) mass is 497 g/mol. The second kappa shape index (κ2) is 10.0. The van der Waals surface area contributed by atoms with E-state index in [0.29, 0.717) is 10.4 Å². The van der Waals surface area contributed by atoms with Gasteiger partial charge in [0.2, 0.25) is 5.91 Å². The zero-order chi connectivity index (χ0) is 24.2. The number of hydrogen-bond acceptors (Lipinski definition) is 5. The molecule has 11 heteroatoms. The van der Waals surface area contributed by atoms with Gasteiger partial charge in [0.25, 0.3) is 10.0 Å². The highest BCUT2D eigenvalue weighted by atomic mass is 32.2. The maximum absolute atomic E-state index is 13.0. The van der Waals surface area contributed by atoms with Gasteiger partial charge in [-0.3, -0.25) is 10.1 Å². The van der Waals surface area contributed by atoms with Crippen molar-refractivity contribution in [3.8, 4) is 0 Å². The zero-order valence-electron chi connectivity index (χ0n) is 17.8. The molecule has 0 aliphatic heterocycles. The fraction of sp³-hybridized carbons (Fsp3) is 0.227. The summed E-state index contributed by atoms with van der Waals surface area (Å²) >= 11 is 1.08. The third-order valence-electron chi connectivity index (χ3n) is 4.70. The average Bonchev–Trinajstić information content (AvgIpc) is 3.24. The Bertz CT molecular complexity index is 1210. The lowest BCUT2D eigenvalue weighted by Crippen LogP contribution is -2.32. The van der Waals surface area contributed by atoms with Crippen molar-refractivity contribution in [3.05, 3.63) is 82.7 Å². The van der Waals surface area contributed by atoms with Gasteiger partial charge in [0, 0.05) is 31.2 Å². The number of nitrogens with zero attached hydrogens (tertiary/aromatic N) is 1. The van der Waals surface area contributed by atoms with Crippen molar-refractivity contribution in [1.29, 1.82) is 0 Å². The van der Waals surface area contributed by atoms with Crippen LogP contribution in [0.1, 0.15) is 22.0 Å². The van der Waals surface area contributed by atoms with E-state index in [1.165, 1.54) is 32.3 Å². The first-order valence-corrected chi connectivity index (χ1v) is 12.0. The van der Waals surface area contributed by atoms with Gasteiger partial charge >= 0.3 is 6.18 Å². The summed E-state index contributed by atoms with van der Waals surface area (Å²) in [6.45, 7) is 0.184. The minimum absolute atomic E-state index is 0.0213. The Balaban J connectivity index is 1.79. The van der Waals surface area contributed by atoms with E-state index in [9.17, 15) is 26.4 Å². The molecule has 1 amide bonds. The van der Waals surface area contributed by atoms with Crippen molar-refractivity contribution in [1.82, 2.24) is 9.62 Å². The molecule has 1 aromatic heterocycles. The molecule has 2 N–H and O–H groups in total. The predicted molar refractivity (Wildman–Crippen MR) is 121 cm³/mol. The first-order chi connectivity index (χ1) is 15.5. The first-order valence-electron chi connectivity index (χ1n) is 9.76. The van der Waals surface area contributed by atoms with E-state index in [1.807, 2.05) is 0 Å². The van der Waals surface area contributed by atoms with Gasteiger partial charge in [-0.05, 0) is 35.9 Å². The zero-order valence-corrected chi connectivity index (χ0v) is 19.4. The minimum Gasteiger partial charge on any atom is -0.324 e. The molecule has 3 rings (SSSR count). The van der Waals surface area contributed by atoms with E-state index in [4.69, 9.17) is 0 Å². The van der Waals surface area contributed by atoms with Crippen LogP contribution in [0.3, 0.4) is 0 Å². The van der Waals surface area contributed by atoms with Crippen molar-refractivity contribution in [2.45, 2.75) is 23.0 Å². The lowest BCUT2D eigenvalue weighted by atomic mass is 10.1. The second-order valence-corrected chi connectivity index (χ2v) is 10.8. The maximum Gasteiger partial charge on any atom is 0.416 e. The third-order valence-corrected chi connectivity index (χ3v) is 8.07. The molecule has 0 spiro atoms. The quantitative estimate of drug-likeness (QED) is 0.481. The smallest absolute Gasteiger partial charge is 0.324 e. The molecule has 0 unspecified atom stereocenters. The van der Waals surface area contributed by atoms with Gasteiger partial charge in [-0.2, -0.15) is 13.2 Å². The number of hydrogen-bond donors (Lipinski definition) is 2. The summed E-state index contributed by atoms with van der Waals surface area (Å²) in [4.78, 5) is 13.7. The highest BCUT2D eigenvalue weighted by Crippen LogP contribution is 2.31.